The molecule has 0 N–H and O–H groups in total. The summed E-state index contributed by atoms with van der Waals surface area (Å²) in [6.45, 7) is 6.86. The quantitative estimate of drug-likeness (QED) is 0.719. The predicted octanol–water partition coefficient (Wildman–Crippen LogP) is 2.44. The number of hydrogen-bond donors (Lipinski definition) is 0. The van der Waals surface area contributed by atoms with Crippen LogP contribution in [0.4, 0.5) is 5.13 Å². The van der Waals surface area contributed by atoms with Crippen LogP contribution in [0.25, 0.3) is 0 Å². The van der Waals surface area contributed by atoms with Gasteiger partial charge in [-0.3, -0.25) is 4.79 Å². The number of carbonyl (C=O) groups excluding carboxylic acids is 1. The molecule has 0 saturated heterocycles. The third-order valence-corrected chi connectivity index (χ3v) is 3.02. The minimum Gasteiger partial charge on any atom is -0.351 e. The lowest BCUT2D eigenvalue weighted by molar-refractivity contribution is 0.102. The van der Waals surface area contributed by atoms with Crippen molar-refractivity contribution in [2.24, 2.45) is 5.92 Å². The van der Waals surface area contributed by atoms with E-state index in [9.17, 15) is 4.79 Å². The topological polar surface area (TPSA) is 33.2 Å². The Morgan fingerprint density at radius 2 is 2.29 bits per heavy atom. The van der Waals surface area contributed by atoms with Crippen LogP contribution in [0, 0.1) is 5.92 Å². The van der Waals surface area contributed by atoms with Crippen LogP contribution in [0.1, 0.15) is 30.4 Å². The van der Waals surface area contributed by atoms with Gasteiger partial charge in [0.15, 0.2) is 10.9 Å². The fourth-order valence-electron chi connectivity index (χ4n) is 1.23. The van der Waals surface area contributed by atoms with Crippen molar-refractivity contribution in [1.29, 1.82) is 0 Å². The Morgan fingerprint density at radius 1 is 1.64 bits per heavy atom. The molecular formula is C10H16N2OS. The molecule has 0 radical (unpaired) electrons. The molecule has 3 nitrogen and oxygen atoms in total. The van der Waals surface area contributed by atoms with Crippen molar-refractivity contribution in [2.75, 3.05) is 18.5 Å². The second-order valence-electron chi connectivity index (χ2n) is 3.84. The molecule has 1 rings (SSSR count). The molecule has 14 heavy (non-hydrogen) atoms. The normalized spacial score (nSPS) is 10.6. The number of nitrogens with zero attached hydrogens (tertiary/aromatic N) is 2. The number of aromatic nitrogens is 1. The third kappa shape index (κ3) is 2.80. The van der Waals surface area contributed by atoms with E-state index < -0.39 is 0 Å². The average Bonchev–Trinajstić information content (AvgIpc) is 2.50. The van der Waals surface area contributed by atoms with Crippen molar-refractivity contribution in [3.8, 4) is 0 Å². The number of ketones is 1. The monoisotopic (exact) mass is 212 g/mol. The fraction of sp³-hybridized carbons (Fsp3) is 0.600. The predicted molar refractivity (Wildman–Crippen MR) is 60.2 cm³/mol. The lowest BCUT2D eigenvalue weighted by Crippen LogP contribution is -2.22. The van der Waals surface area contributed by atoms with Crippen LogP contribution in [0.3, 0.4) is 0 Å². The number of anilines is 1. The molecule has 0 aliphatic carbocycles. The second-order valence-corrected chi connectivity index (χ2v) is 4.85. The molecule has 78 valence electrons. The molecule has 0 unspecified atom stereocenters. The summed E-state index contributed by atoms with van der Waals surface area (Å²) in [5.41, 5.74) is 0. The minimum atomic E-state index is 0.0895. The van der Waals surface area contributed by atoms with Gasteiger partial charge in [0, 0.05) is 20.5 Å². The minimum absolute atomic E-state index is 0.0895. The summed E-state index contributed by atoms with van der Waals surface area (Å²) < 4.78 is 0. The smallest absolute Gasteiger partial charge is 0.185 e. The molecule has 0 bridgehead atoms. The van der Waals surface area contributed by atoms with Crippen molar-refractivity contribution >= 4 is 22.3 Å². The first-order valence-electron chi connectivity index (χ1n) is 4.68. The highest BCUT2D eigenvalue weighted by Gasteiger charge is 2.10. The SMILES string of the molecule is CC(=O)c1cnc(N(C)CC(C)C)s1. The van der Waals surface area contributed by atoms with Gasteiger partial charge in [-0.2, -0.15) is 0 Å². The Morgan fingerprint density at radius 3 is 2.71 bits per heavy atom. The Labute approximate surface area is 88.8 Å². The zero-order valence-corrected chi connectivity index (χ0v) is 9.89. The average molecular weight is 212 g/mol. The molecule has 0 atom stereocenters. The molecule has 0 amide bonds. The number of rotatable bonds is 4. The van der Waals surface area contributed by atoms with Crippen molar-refractivity contribution in [1.82, 2.24) is 4.98 Å². The first-order chi connectivity index (χ1) is 6.50. The van der Waals surface area contributed by atoms with Gasteiger partial charge in [-0.05, 0) is 5.92 Å². The summed E-state index contributed by atoms with van der Waals surface area (Å²) in [7, 11) is 2.00. The first kappa shape index (κ1) is 11.2. The van der Waals surface area contributed by atoms with Crippen molar-refractivity contribution < 1.29 is 4.79 Å². The Balaban J connectivity index is 2.71. The third-order valence-electron chi connectivity index (χ3n) is 1.81. The van der Waals surface area contributed by atoms with Gasteiger partial charge in [-0.25, -0.2) is 4.98 Å². The number of carbonyl (C=O) groups is 1. The zero-order chi connectivity index (χ0) is 10.7. The van der Waals surface area contributed by atoms with Crippen molar-refractivity contribution in [3.63, 3.8) is 0 Å². The van der Waals surface area contributed by atoms with Gasteiger partial charge in [0.2, 0.25) is 0 Å². The van der Waals surface area contributed by atoms with Crippen LogP contribution in [0.2, 0.25) is 0 Å². The van der Waals surface area contributed by atoms with E-state index in [4.69, 9.17) is 0 Å². The standard InChI is InChI=1S/C10H16N2OS/c1-7(2)6-12(4)10-11-5-9(14-10)8(3)13/h5,7H,6H2,1-4H3. The highest BCUT2D eigenvalue weighted by Crippen LogP contribution is 2.22. The molecule has 0 aliphatic rings. The Kier molecular flexibility index (Phi) is 3.63. The molecule has 1 heterocycles. The van der Waals surface area contributed by atoms with Gasteiger partial charge in [0.25, 0.3) is 0 Å². The van der Waals surface area contributed by atoms with E-state index >= 15 is 0 Å². The van der Waals surface area contributed by atoms with E-state index in [0.717, 1.165) is 16.6 Å². The number of Topliss-reactive ketones (excluding diaryl/α,β-unsaturated/α-hetero) is 1. The van der Waals surface area contributed by atoms with Crippen LogP contribution in [0.5, 0.6) is 0 Å². The van der Waals surface area contributed by atoms with Crippen LogP contribution >= 0.6 is 11.3 Å². The van der Waals surface area contributed by atoms with E-state index in [1.807, 2.05) is 7.05 Å². The molecule has 0 saturated carbocycles. The maximum absolute atomic E-state index is 11.1. The van der Waals surface area contributed by atoms with Gasteiger partial charge in [0.05, 0.1) is 11.1 Å². The lowest BCUT2D eigenvalue weighted by atomic mass is 10.2. The van der Waals surface area contributed by atoms with Crippen molar-refractivity contribution in [3.05, 3.63) is 11.1 Å². The number of hydrogen-bond acceptors (Lipinski definition) is 4. The van der Waals surface area contributed by atoms with E-state index in [2.05, 4.69) is 23.7 Å². The van der Waals surface area contributed by atoms with Crippen molar-refractivity contribution in [2.45, 2.75) is 20.8 Å². The fourth-order valence-corrected chi connectivity index (χ4v) is 2.01. The van der Waals surface area contributed by atoms with Crippen LogP contribution < -0.4 is 4.90 Å². The van der Waals surface area contributed by atoms with Gasteiger partial charge in [-0.15, -0.1) is 0 Å². The number of thiazole rings is 1. The maximum Gasteiger partial charge on any atom is 0.185 e. The molecule has 1 aromatic heterocycles. The molecular weight excluding hydrogens is 196 g/mol. The second kappa shape index (κ2) is 4.55. The summed E-state index contributed by atoms with van der Waals surface area (Å²) in [6, 6.07) is 0. The van der Waals surface area contributed by atoms with Crippen LogP contribution in [-0.4, -0.2) is 24.4 Å². The molecule has 4 heteroatoms. The van der Waals surface area contributed by atoms with E-state index in [-0.39, 0.29) is 5.78 Å². The largest absolute Gasteiger partial charge is 0.351 e. The zero-order valence-electron chi connectivity index (χ0n) is 9.07. The van der Waals surface area contributed by atoms with Gasteiger partial charge >= 0.3 is 0 Å². The molecule has 0 spiro atoms. The van der Waals surface area contributed by atoms with E-state index in [1.165, 1.54) is 11.3 Å². The van der Waals surface area contributed by atoms with Crippen LogP contribution in [-0.2, 0) is 0 Å². The van der Waals surface area contributed by atoms with Crippen LogP contribution in [0.15, 0.2) is 6.20 Å². The van der Waals surface area contributed by atoms with Gasteiger partial charge in [-0.1, -0.05) is 25.2 Å². The summed E-state index contributed by atoms with van der Waals surface area (Å²) in [5, 5.41) is 0.920. The summed E-state index contributed by atoms with van der Waals surface area (Å²) in [5.74, 6) is 0.691. The van der Waals surface area contributed by atoms with E-state index in [1.54, 1.807) is 13.1 Å². The summed E-state index contributed by atoms with van der Waals surface area (Å²) in [4.78, 5) is 18.1. The van der Waals surface area contributed by atoms with Gasteiger partial charge < -0.3 is 4.90 Å². The Hall–Kier alpha value is -0.900. The molecule has 0 aliphatic heterocycles. The first-order valence-corrected chi connectivity index (χ1v) is 5.50. The summed E-state index contributed by atoms with van der Waals surface area (Å²) in [6.07, 6.45) is 1.65. The summed E-state index contributed by atoms with van der Waals surface area (Å²) >= 11 is 1.46. The highest BCUT2D eigenvalue weighted by atomic mass is 32.1. The van der Waals surface area contributed by atoms with Gasteiger partial charge in [0.1, 0.15) is 0 Å². The molecule has 0 fully saturated rings. The molecule has 0 aromatic carbocycles. The lowest BCUT2D eigenvalue weighted by Gasteiger charge is -2.17. The highest BCUT2D eigenvalue weighted by molar-refractivity contribution is 7.17. The molecule has 1 aromatic rings. The van der Waals surface area contributed by atoms with E-state index in [0.29, 0.717) is 5.92 Å². The maximum atomic E-state index is 11.1. The Bertz CT molecular complexity index is 320.